The molecule has 2 rings (SSSR count). The van der Waals surface area contributed by atoms with Crippen LogP contribution >= 0.6 is 0 Å². The molecule has 0 aliphatic rings. The van der Waals surface area contributed by atoms with Gasteiger partial charge in [-0.05, 0) is 30.2 Å². The predicted octanol–water partition coefficient (Wildman–Crippen LogP) is 2.57. The van der Waals surface area contributed by atoms with E-state index in [0.29, 0.717) is 13.4 Å². The molecule has 0 saturated carbocycles. The van der Waals surface area contributed by atoms with Gasteiger partial charge in [-0.1, -0.05) is 42.0 Å². The Labute approximate surface area is 95.8 Å². The first-order valence-electron chi connectivity index (χ1n) is 5.09. The van der Waals surface area contributed by atoms with E-state index in [1.165, 1.54) is 11.1 Å². The van der Waals surface area contributed by atoms with E-state index in [-0.39, 0.29) is 0 Å². The van der Waals surface area contributed by atoms with E-state index in [1.54, 1.807) is 0 Å². The van der Waals surface area contributed by atoms with E-state index in [1.807, 2.05) is 30.3 Å². The third-order valence-corrected chi connectivity index (χ3v) is 2.39. The normalized spacial score (nSPS) is 9.88. The van der Waals surface area contributed by atoms with Gasteiger partial charge in [0.1, 0.15) is 5.75 Å². The lowest BCUT2D eigenvalue weighted by molar-refractivity contribution is 0.454. The van der Waals surface area contributed by atoms with Crippen molar-refractivity contribution in [3.63, 3.8) is 0 Å². The first-order chi connectivity index (χ1) is 7.79. The van der Waals surface area contributed by atoms with Crippen LogP contribution in [-0.2, 0) is 0 Å². The van der Waals surface area contributed by atoms with E-state index in [4.69, 9.17) is 9.68 Å². The second kappa shape index (κ2) is 4.86. The summed E-state index contributed by atoms with van der Waals surface area (Å²) < 4.78 is 4.85. The molecule has 0 amide bonds. The Morgan fingerprint density at radius 1 is 1.00 bits per heavy atom. The van der Waals surface area contributed by atoms with Crippen molar-refractivity contribution in [2.75, 3.05) is 0 Å². The van der Waals surface area contributed by atoms with Gasteiger partial charge in [-0.3, -0.25) is 0 Å². The molecule has 1 N–H and O–H groups in total. The van der Waals surface area contributed by atoms with Gasteiger partial charge in [-0.15, -0.1) is 0 Å². The Balaban J connectivity index is 2.27. The smallest absolute Gasteiger partial charge is 0.537 e. The first-order valence-corrected chi connectivity index (χ1v) is 5.09. The summed E-state index contributed by atoms with van der Waals surface area (Å²) in [7, 11) is 0.682. The highest BCUT2D eigenvalue weighted by Crippen LogP contribution is 2.22. The van der Waals surface area contributed by atoms with E-state index in [2.05, 4.69) is 25.1 Å². The van der Waals surface area contributed by atoms with E-state index in [0.717, 1.165) is 5.56 Å². The van der Waals surface area contributed by atoms with Crippen molar-refractivity contribution in [2.24, 2.45) is 0 Å². The summed E-state index contributed by atoms with van der Waals surface area (Å²) in [5.41, 5.74) is 3.55. The average molecular weight is 211 g/mol. The SMILES string of the molecule is Cc1cccc(-c2ccc(O[B]O)cc2)c1. The zero-order valence-electron chi connectivity index (χ0n) is 9.05. The van der Waals surface area contributed by atoms with Gasteiger partial charge in [0.05, 0.1) is 0 Å². The molecule has 79 valence electrons. The maximum absolute atomic E-state index is 8.50. The molecular weight excluding hydrogens is 199 g/mol. The predicted molar refractivity (Wildman–Crippen MR) is 65.2 cm³/mol. The second-order valence-corrected chi connectivity index (χ2v) is 3.62. The Bertz CT molecular complexity index is 466. The molecule has 0 aromatic heterocycles. The van der Waals surface area contributed by atoms with Crippen LogP contribution in [0, 0.1) is 6.92 Å². The van der Waals surface area contributed by atoms with Gasteiger partial charge in [0, 0.05) is 0 Å². The molecule has 0 aliphatic heterocycles. The minimum Gasteiger partial charge on any atom is -0.537 e. The lowest BCUT2D eigenvalue weighted by Crippen LogP contribution is -1.99. The fraction of sp³-hybridized carbons (Fsp3) is 0.0769. The summed E-state index contributed by atoms with van der Waals surface area (Å²) in [4.78, 5) is 0. The van der Waals surface area contributed by atoms with Crippen molar-refractivity contribution in [2.45, 2.75) is 6.92 Å². The number of rotatable bonds is 3. The molecule has 0 spiro atoms. The van der Waals surface area contributed by atoms with Gasteiger partial charge in [0.2, 0.25) is 0 Å². The van der Waals surface area contributed by atoms with Gasteiger partial charge in [-0.2, -0.15) is 0 Å². The van der Waals surface area contributed by atoms with Gasteiger partial charge < -0.3 is 9.68 Å². The molecule has 0 bridgehead atoms. The minimum atomic E-state index is 0.624. The zero-order chi connectivity index (χ0) is 11.4. The molecule has 0 fully saturated rings. The molecule has 0 unspecified atom stereocenters. The number of hydrogen-bond donors (Lipinski definition) is 1. The number of aryl methyl sites for hydroxylation is 1. The number of hydrogen-bond acceptors (Lipinski definition) is 2. The first kappa shape index (κ1) is 10.8. The quantitative estimate of drug-likeness (QED) is 0.790. The minimum absolute atomic E-state index is 0.624. The third-order valence-electron chi connectivity index (χ3n) is 2.39. The maximum atomic E-state index is 8.50. The van der Waals surface area contributed by atoms with Crippen molar-refractivity contribution >= 4 is 7.69 Å². The molecule has 2 aromatic rings. The highest BCUT2D eigenvalue weighted by atomic mass is 16.5. The van der Waals surface area contributed by atoms with Crippen LogP contribution in [0.3, 0.4) is 0 Å². The Hall–Kier alpha value is -1.74. The molecule has 16 heavy (non-hydrogen) atoms. The molecule has 0 atom stereocenters. The summed E-state index contributed by atoms with van der Waals surface area (Å²) in [5.74, 6) is 0.624. The highest BCUT2D eigenvalue weighted by molar-refractivity contribution is 6.17. The fourth-order valence-electron chi connectivity index (χ4n) is 1.61. The topological polar surface area (TPSA) is 29.5 Å². The van der Waals surface area contributed by atoms with Crippen molar-refractivity contribution < 1.29 is 9.68 Å². The van der Waals surface area contributed by atoms with Crippen LogP contribution in [0.4, 0.5) is 0 Å². The Kier molecular flexibility index (Phi) is 3.27. The summed E-state index contributed by atoms with van der Waals surface area (Å²) in [6.07, 6.45) is 0. The summed E-state index contributed by atoms with van der Waals surface area (Å²) in [6.45, 7) is 2.07. The van der Waals surface area contributed by atoms with E-state index in [9.17, 15) is 0 Å². The summed E-state index contributed by atoms with van der Waals surface area (Å²) in [5, 5.41) is 8.50. The zero-order valence-corrected chi connectivity index (χ0v) is 9.05. The lowest BCUT2D eigenvalue weighted by atomic mass is 10.0. The van der Waals surface area contributed by atoms with Crippen LogP contribution < -0.4 is 4.65 Å². The lowest BCUT2D eigenvalue weighted by Gasteiger charge is -2.05. The molecule has 3 heteroatoms. The molecule has 0 saturated heterocycles. The largest absolute Gasteiger partial charge is 0.569 e. The van der Waals surface area contributed by atoms with Crippen LogP contribution in [0.15, 0.2) is 48.5 Å². The van der Waals surface area contributed by atoms with Gasteiger partial charge >= 0.3 is 7.69 Å². The van der Waals surface area contributed by atoms with Crippen LogP contribution in [0.5, 0.6) is 5.75 Å². The van der Waals surface area contributed by atoms with Crippen molar-refractivity contribution in [1.29, 1.82) is 0 Å². The van der Waals surface area contributed by atoms with Crippen molar-refractivity contribution in [3.05, 3.63) is 54.1 Å². The van der Waals surface area contributed by atoms with E-state index < -0.39 is 0 Å². The average Bonchev–Trinajstić information content (AvgIpc) is 2.30. The van der Waals surface area contributed by atoms with Crippen molar-refractivity contribution in [3.8, 4) is 16.9 Å². The number of benzene rings is 2. The second-order valence-electron chi connectivity index (χ2n) is 3.62. The van der Waals surface area contributed by atoms with E-state index >= 15 is 0 Å². The Morgan fingerprint density at radius 3 is 2.38 bits per heavy atom. The monoisotopic (exact) mass is 211 g/mol. The van der Waals surface area contributed by atoms with Crippen LogP contribution in [0.25, 0.3) is 11.1 Å². The molecule has 1 radical (unpaired) electrons. The molecule has 0 heterocycles. The van der Waals surface area contributed by atoms with Gasteiger partial charge in [0.25, 0.3) is 0 Å². The van der Waals surface area contributed by atoms with Crippen LogP contribution in [0.2, 0.25) is 0 Å². The van der Waals surface area contributed by atoms with Gasteiger partial charge in [0.15, 0.2) is 0 Å². The van der Waals surface area contributed by atoms with Crippen LogP contribution in [-0.4, -0.2) is 12.7 Å². The maximum Gasteiger partial charge on any atom is 0.569 e. The summed E-state index contributed by atoms with van der Waals surface area (Å²) in [6, 6.07) is 15.9. The third kappa shape index (κ3) is 2.44. The van der Waals surface area contributed by atoms with Gasteiger partial charge in [-0.25, -0.2) is 0 Å². The molecule has 2 aromatic carbocycles. The fourth-order valence-corrected chi connectivity index (χ4v) is 1.61. The molecule has 0 aliphatic carbocycles. The standard InChI is InChI=1S/C13H12BO2/c1-10-3-2-4-12(9-10)11-5-7-13(8-6-11)16-14-15/h2-9,15H,1H3. The molecular formula is C13H12BO2. The van der Waals surface area contributed by atoms with Crippen LogP contribution in [0.1, 0.15) is 5.56 Å². The Morgan fingerprint density at radius 2 is 1.75 bits per heavy atom. The molecule has 2 nitrogen and oxygen atoms in total. The highest BCUT2D eigenvalue weighted by Gasteiger charge is 1.99. The summed E-state index contributed by atoms with van der Waals surface area (Å²) >= 11 is 0. The van der Waals surface area contributed by atoms with Crippen molar-refractivity contribution in [1.82, 2.24) is 0 Å².